The summed E-state index contributed by atoms with van der Waals surface area (Å²) in [7, 11) is 3.97. The fourth-order valence-electron chi connectivity index (χ4n) is 2.28. The first kappa shape index (κ1) is 19.2. The van der Waals surface area contributed by atoms with Gasteiger partial charge in [-0.3, -0.25) is 4.99 Å². The molecule has 6 heteroatoms. The molecule has 0 aromatic rings. The third-order valence-electron chi connectivity index (χ3n) is 4.18. The molecule has 0 spiro atoms. The highest BCUT2D eigenvalue weighted by Gasteiger charge is 2.15. The number of rotatable bonds is 10. The molecule has 0 amide bonds. The van der Waals surface area contributed by atoms with Crippen LogP contribution < -0.4 is 10.6 Å². The van der Waals surface area contributed by atoms with E-state index in [0.29, 0.717) is 12.1 Å². The van der Waals surface area contributed by atoms with Crippen LogP contribution in [0, 0.1) is 0 Å². The molecule has 0 aromatic heterocycles. The molecule has 1 rings (SSSR count). The molecule has 0 bridgehead atoms. The number of guanidine groups is 1. The fraction of sp³-hybridized carbons (Fsp3) is 0.938. The molecule has 130 valence electrons. The number of hydrogen-bond donors (Lipinski definition) is 2. The van der Waals surface area contributed by atoms with Crippen LogP contribution >= 0.6 is 0 Å². The minimum Gasteiger partial charge on any atom is -0.379 e. The van der Waals surface area contributed by atoms with Gasteiger partial charge in [-0.25, -0.2) is 0 Å². The van der Waals surface area contributed by atoms with Crippen LogP contribution in [-0.4, -0.2) is 76.6 Å². The van der Waals surface area contributed by atoms with Crippen LogP contribution in [0.3, 0.4) is 0 Å². The van der Waals surface area contributed by atoms with Gasteiger partial charge in [0.05, 0.1) is 12.7 Å². The predicted octanol–water partition coefficient (Wildman–Crippen LogP) is 1.08. The van der Waals surface area contributed by atoms with Gasteiger partial charge in [0.2, 0.25) is 0 Å². The highest BCUT2D eigenvalue weighted by atomic mass is 16.5. The van der Waals surface area contributed by atoms with Gasteiger partial charge in [-0.15, -0.1) is 0 Å². The molecule has 1 fully saturated rings. The summed E-state index contributed by atoms with van der Waals surface area (Å²) in [4.78, 5) is 6.60. The van der Waals surface area contributed by atoms with Crippen molar-refractivity contribution in [1.29, 1.82) is 0 Å². The van der Waals surface area contributed by atoms with Crippen molar-refractivity contribution < 1.29 is 9.47 Å². The van der Waals surface area contributed by atoms with E-state index in [4.69, 9.17) is 9.47 Å². The van der Waals surface area contributed by atoms with E-state index >= 15 is 0 Å². The molecule has 1 aliphatic rings. The van der Waals surface area contributed by atoms with Crippen LogP contribution in [0.4, 0.5) is 0 Å². The lowest BCUT2D eigenvalue weighted by Crippen LogP contribution is -2.42. The molecule has 1 saturated heterocycles. The molecule has 0 saturated carbocycles. The minimum atomic E-state index is 0.300. The number of likely N-dealkylation sites (N-methyl/N-ethyl adjacent to an activating group) is 1. The quantitative estimate of drug-likeness (QED) is 0.359. The molecule has 2 unspecified atom stereocenters. The number of aliphatic imine (C=N–C) groups is 1. The summed E-state index contributed by atoms with van der Waals surface area (Å²) < 4.78 is 11.0. The second-order valence-corrected chi connectivity index (χ2v) is 5.87. The number of nitrogens with zero attached hydrogens (tertiary/aromatic N) is 2. The van der Waals surface area contributed by atoms with Gasteiger partial charge in [-0.05, 0) is 33.2 Å². The number of hydrogen-bond acceptors (Lipinski definition) is 4. The lowest BCUT2D eigenvalue weighted by molar-refractivity contribution is 0.0420. The third kappa shape index (κ3) is 7.96. The Morgan fingerprint density at radius 3 is 2.82 bits per heavy atom. The van der Waals surface area contributed by atoms with Crippen molar-refractivity contribution in [3.63, 3.8) is 0 Å². The highest BCUT2D eigenvalue weighted by molar-refractivity contribution is 5.79. The molecule has 2 atom stereocenters. The van der Waals surface area contributed by atoms with Gasteiger partial charge in [0, 0.05) is 45.9 Å². The van der Waals surface area contributed by atoms with Crippen molar-refractivity contribution in [1.82, 2.24) is 15.5 Å². The minimum absolute atomic E-state index is 0.300. The van der Waals surface area contributed by atoms with Crippen LogP contribution in [0.15, 0.2) is 4.99 Å². The van der Waals surface area contributed by atoms with Gasteiger partial charge in [0.25, 0.3) is 0 Å². The van der Waals surface area contributed by atoms with Crippen molar-refractivity contribution in [2.75, 3.05) is 53.6 Å². The summed E-state index contributed by atoms with van der Waals surface area (Å²) in [5.41, 5.74) is 0. The van der Waals surface area contributed by atoms with Crippen molar-refractivity contribution in [3.8, 4) is 0 Å². The molecule has 1 heterocycles. The van der Waals surface area contributed by atoms with E-state index in [-0.39, 0.29) is 0 Å². The summed E-state index contributed by atoms with van der Waals surface area (Å²) in [5, 5.41) is 6.67. The first-order valence-electron chi connectivity index (χ1n) is 8.51. The Morgan fingerprint density at radius 2 is 2.18 bits per heavy atom. The molecule has 1 aliphatic heterocycles. The first-order valence-corrected chi connectivity index (χ1v) is 8.51. The molecular formula is C16H34N4O2. The van der Waals surface area contributed by atoms with Gasteiger partial charge in [0.15, 0.2) is 5.96 Å². The maximum atomic E-state index is 5.74. The summed E-state index contributed by atoms with van der Waals surface area (Å²) in [6.45, 7) is 9.61. The van der Waals surface area contributed by atoms with Crippen LogP contribution in [-0.2, 0) is 9.47 Å². The summed E-state index contributed by atoms with van der Waals surface area (Å²) >= 11 is 0. The van der Waals surface area contributed by atoms with Gasteiger partial charge < -0.3 is 25.0 Å². The Hall–Kier alpha value is -0.850. The zero-order chi connectivity index (χ0) is 16.2. The molecule has 2 N–H and O–H groups in total. The third-order valence-corrected chi connectivity index (χ3v) is 4.18. The molecule has 0 aromatic carbocycles. The zero-order valence-corrected chi connectivity index (χ0v) is 14.7. The maximum Gasteiger partial charge on any atom is 0.191 e. The van der Waals surface area contributed by atoms with Crippen molar-refractivity contribution in [3.05, 3.63) is 0 Å². The largest absolute Gasteiger partial charge is 0.379 e. The van der Waals surface area contributed by atoms with Gasteiger partial charge in [-0.2, -0.15) is 0 Å². The Balaban J connectivity index is 2.02. The van der Waals surface area contributed by atoms with Crippen LogP contribution in [0.1, 0.15) is 33.1 Å². The van der Waals surface area contributed by atoms with Crippen LogP contribution in [0.2, 0.25) is 0 Å². The van der Waals surface area contributed by atoms with Gasteiger partial charge in [0.1, 0.15) is 0 Å². The molecule has 6 nitrogen and oxygen atoms in total. The monoisotopic (exact) mass is 314 g/mol. The maximum absolute atomic E-state index is 5.74. The van der Waals surface area contributed by atoms with E-state index in [2.05, 4.69) is 41.4 Å². The van der Waals surface area contributed by atoms with E-state index in [1.807, 2.05) is 0 Å². The Labute approximate surface area is 135 Å². The zero-order valence-electron chi connectivity index (χ0n) is 14.7. The summed E-state index contributed by atoms with van der Waals surface area (Å²) in [5.74, 6) is 0.863. The lowest BCUT2D eigenvalue weighted by atomic mass is 10.2. The van der Waals surface area contributed by atoms with Crippen LogP contribution in [0.25, 0.3) is 0 Å². The topological polar surface area (TPSA) is 58.1 Å². The highest BCUT2D eigenvalue weighted by Crippen LogP contribution is 2.07. The molecule has 0 radical (unpaired) electrons. The van der Waals surface area contributed by atoms with E-state index in [1.54, 1.807) is 7.05 Å². The fourth-order valence-corrected chi connectivity index (χ4v) is 2.28. The van der Waals surface area contributed by atoms with Crippen molar-refractivity contribution >= 4 is 5.96 Å². The summed E-state index contributed by atoms with van der Waals surface area (Å²) in [6, 6.07) is 0.619. The average molecular weight is 314 g/mol. The Kier molecular flexibility index (Phi) is 10.2. The van der Waals surface area contributed by atoms with Crippen LogP contribution in [0.5, 0.6) is 0 Å². The lowest BCUT2D eigenvalue weighted by Gasteiger charge is -2.24. The Bertz CT molecular complexity index is 307. The van der Waals surface area contributed by atoms with E-state index in [9.17, 15) is 0 Å². The second-order valence-electron chi connectivity index (χ2n) is 5.87. The second kappa shape index (κ2) is 11.7. The molecule has 0 aliphatic carbocycles. The smallest absolute Gasteiger partial charge is 0.191 e. The van der Waals surface area contributed by atoms with E-state index in [1.165, 1.54) is 6.42 Å². The molecular weight excluding hydrogens is 280 g/mol. The van der Waals surface area contributed by atoms with Crippen molar-refractivity contribution in [2.45, 2.75) is 45.3 Å². The van der Waals surface area contributed by atoms with E-state index in [0.717, 1.165) is 58.3 Å². The normalized spacial score (nSPS) is 20.4. The Morgan fingerprint density at radius 1 is 1.41 bits per heavy atom. The predicted molar refractivity (Wildman–Crippen MR) is 91.5 cm³/mol. The SMILES string of the molecule is CCC(C)N(C)CCNC(=NC)NCCCOC1CCOC1. The average Bonchev–Trinajstić information content (AvgIpc) is 3.05. The van der Waals surface area contributed by atoms with Gasteiger partial charge in [-0.1, -0.05) is 6.92 Å². The van der Waals surface area contributed by atoms with E-state index < -0.39 is 0 Å². The number of ether oxygens (including phenoxy) is 2. The number of nitrogens with one attached hydrogen (secondary N) is 2. The first-order chi connectivity index (χ1) is 10.7. The van der Waals surface area contributed by atoms with Gasteiger partial charge >= 0.3 is 0 Å². The summed E-state index contributed by atoms with van der Waals surface area (Å²) in [6.07, 6.45) is 3.48. The standard InChI is InChI=1S/C16H34N4O2/c1-5-14(2)20(4)10-9-19-16(17-3)18-8-6-11-22-15-7-12-21-13-15/h14-15H,5-13H2,1-4H3,(H2,17,18,19). The molecule has 22 heavy (non-hydrogen) atoms. The van der Waals surface area contributed by atoms with Crippen molar-refractivity contribution in [2.24, 2.45) is 4.99 Å².